The minimum Gasteiger partial charge on any atom is -0.368 e. The molecule has 2 heteroatoms. The minimum absolute atomic E-state index is 0.911. The molecule has 0 aromatic heterocycles. The molecule has 1 aliphatic rings. The van der Waals surface area contributed by atoms with E-state index in [1.807, 2.05) is 0 Å². The van der Waals surface area contributed by atoms with Crippen molar-refractivity contribution in [3.8, 4) is 0 Å². The van der Waals surface area contributed by atoms with Crippen LogP contribution >= 0.6 is 0 Å². The van der Waals surface area contributed by atoms with Gasteiger partial charge < -0.3 is 5.32 Å². The van der Waals surface area contributed by atoms with Crippen molar-refractivity contribution in [3.63, 3.8) is 0 Å². The van der Waals surface area contributed by atoms with Gasteiger partial charge >= 0.3 is 0 Å². The molecule has 0 bridgehead atoms. The first-order valence-electron chi connectivity index (χ1n) is 6.78. The number of hydrogen-bond donors (Lipinski definition) is 1. The van der Waals surface area contributed by atoms with Crippen molar-refractivity contribution in [3.05, 3.63) is 35.4 Å². The number of aryl methyl sites for hydroxylation is 1. The first-order chi connectivity index (χ1) is 8.40. The standard InChI is InChI=1S/C15H22N2/c1-2-3-4-5-6-13-7-9-14(10-8-13)15-16-11-12-17-15/h7-10H,2-6,11-12H2,1H3,(H,16,17). The fraction of sp³-hybridized carbons (Fsp3) is 0.533. The van der Waals surface area contributed by atoms with E-state index in [1.165, 1.54) is 43.2 Å². The van der Waals surface area contributed by atoms with E-state index in [1.54, 1.807) is 0 Å². The molecule has 1 aliphatic heterocycles. The van der Waals surface area contributed by atoms with Gasteiger partial charge in [0.2, 0.25) is 0 Å². The quantitative estimate of drug-likeness (QED) is 0.746. The monoisotopic (exact) mass is 230 g/mol. The number of rotatable bonds is 6. The molecule has 0 atom stereocenters. The fourth-order valence-electron chi connectivity index (χ4n) is 2.18. The second-order valence-corrected chi connectivity index (χ2v) is 4.66. The molecular weight excluding hydrogens is 208 g/mol. The largest absolute Gasteiger partial charge is 0.368 e. The topological polar surface area (TPSA) is 24.4 Å². The van der Waals surface area contributed by atoms with Crippen LogP contribution in [-0.4, -0.2) is 18.9 Å². The number of hydrogen-bond acceptors (Lipinski definition) is 2. The Balaban J connectivity index is 1.85. The zero-order valence-corrected chi connectivity index (χ0v) is 10.7. The number of nitrogens with one attached hydrogen (secondary N) is 1. The maximum atomic E-state index is 4.43. The van der Waals surface area contributed by atoms with E-state index in [4.69, 9.17) is 0 Å². The highest BCUT2D eigenvalue weighted by atomic mass is 15.1. The van der Waals surface area contributed by atoms with Crippen molar-refractivity contribution in [1.82, 2.24) is 5.32 Å². The maximum absolute atomic E-state index is 4.43. The van der Waals surface area contributed by atoms with Crippen molar-refractivity contribution in [2.24, 2.45) is 4.99 Å². The Morgan fingerprint density at radius 3 is 2.59 bits per heavy atom. The Kier molecular flexibility index (Phi) is 4.60. The average molecular weight is 230 g/mol. The molecule has 0 unspecified atom stereocenters. The lowest BCUT2D eigenvalue weighted by Crippen LogP contribution is -2.19. The van der Waals surface area contributed by atoms with Gasteiger partial charge in [-0.05, 0) is 18.4 Å². The van der Waals surface area contributed by atoms with Crippen LogP contribution in [0.2, 0.25) is 0 Å². The molecule has 0 saturated carbocycles. The van der Waals surface area contributed by atoms with E-state index in [-0.39, 0.29) is 0 Å². The van der Waals surface area contributed by atoms with Gasteiger partial charge in [0, 0.05) is 12.1 Å². The molecule has 1 heterocycles. The highest BCUT2D eigenvalue weighted by Crippen LogP contribution is 2.10. The smallest absolute Gasteiger partial charge is 0.128 e. The average Bonchev–Trinajstić information content (AvgIpc) is 2.89. The predicted molar refractivity (Wildman–Crippen MR) is 73.7 cm³/mol. The Labute approximate surface area is 104 Å². The number of amidine groups is 1. The summed E-state index contributed by atoms with van der Waals surface area (Å²) in [7, 11) is 0. The summed E-state index contributed by atoms with van der Waals surface area (Å²) in [5.74, 6) is 1.06. The van der Waals surface area contributed by atoms with Crippen LogP contribution in [0.25, 0.3) is 0 Å². The van der Waals surface area contributed by atoms with Crippen molar-refractivity contribution in [1.29, 1.82) is 0 Å². The molecule has 0 spiro atoms. The number of benzene rings is 1. The highest BCUT2D eigenvalue weighted by molar-refractivity contribution is 5.99. The first-order valence-corrected chi connectivity index (χ1v) is 6.78. The molecule has 0 saturated heterocycles. The van der Waals surface area contributed by atoms with Crippen LogP contribution in [0, 0.1) is 0 Å². The van der Waals surface area contributed by atoms with E-state index in [9.17, 15) is 0 Å². The van der Waals surface area contributed by atoms with E-state index in [0.29, 0.717) is 0 Å². The van der Waals surface area contributed by atoms with Crippen LogP contribution in [0.1, 0.15) is 43.7 Å². The molecular formula is C15H22N2. The molecule has 17 heavy (non-hydrogen) atoms. The maximum Gasteiger partial charge on any atom is 0.128 e. The second-order valence-electron chi connectivity index (χ2n) is 4.66. The van der Waals surface area contributed by atoms with E-state index in [2.05, 4.69) is 41.5 Å². The SMILES string of the molecule is CCCCCCc1ccc(C2=NCCN2)cc1. The zero-order chi connectivity index (χ0) is 11.9. The third kappa shape index (κ3) is 3.58. The van der Waals surface area contributed by atoms with E-state index >= 15 is 0 Å². The Morgan fingerprint density at radius 1 is 1.12 bits per heavy atom. The van der Waals surface area contributed by atoms with Gasteiger partial charge in [0.05, 0.1) is 6.54 Å². The van der Waals surface area contributed by atoms with Crippen LogP contribution in [0.15, 0.2) is 29.3 Å². The van der Waals surface area contributed by atoms with E-state index in [0.717, 1.165) is 18.9 Å². The van der Waals surface area contributed by atoms with Gasteiger partial charge in [0.1, 0.15) is 5.84 Å². The van der Waals surface area contributed by atoms with Crippen LogP contribution in [0.3, 0.4) is 0 Å². The molecule has 1 aromatic rings. The highest BCUT2D eigenvalue weighted by Gasteiger charge is 2.06. The number of unbranched alkanes of at least 4 members (excludes halogenated alkanes) is 3. The normalized spacial score (nSPS) is 14.5. The summed E-state index contributed by atoms with van der Waals surface area (Å²) < 4.78 is 0. The lowest BCUT2D eigenvalue weighted by Gasteiger charge is -2.05. The number of aliphatic imine (C=N–C) groups is 1. The van der Waals surface area contributed by atoms with Crippen LogP contribution < -0.4 is 5.32 Å². The zero-order valence-electron chi connectivity index (χ0n) is 10.7. The fourth-order valence-corrected chi connectivity index (χ4v) is 2.18. The summed E-state index contributed by atoms with van der Waals surface area (Å²) in [5, 5.41) is 3.30. The van der Waals surface area contributed by atoms with Gasteiger partial charge in [0.25, 0.3) is 0 Å². The van der Waals surface area contributed by atoms with Crippen molar-refractivity contribution >= 4 is 5.84 Å². The predicted octanol–water partition coefficient (Wildman–Crippen LogP) is 3.16. The van der Waals surface area contributed by atoms with Crippen LogP contribution in [-0.2, 0) is 6.42 Å². The van der Waals surface area contributed by atoms with Gasteiger partial charge in [-0.25, -0.2) is 0 Å². The summed E-state index contributed by atoms with van der Waals surface area (Å²) in [6, 6.07) is 8.85. The molecule has 1 aromatic carbocycles. The molecule has 0 aliphatic carbocycles. The van der Waals surface area contributed by atoms with Gasteiger partial charge in [0.15, 0.2) is 0 Å². The molecule has 0 amide bonds. The van der Waals surface area contributed by atoms with Gasteiger partial charge in [-0.15, -0.1) is 0 Å². The van der Waals surface area contributed by atoms with Crippen molar-refractivity contribution in [2.75, 3.05) is 13.1 Å². The lowest BCUT2D eigenvalue weighted by atomic mass is 10.0. The molecule has 92 valence electrons. The van der Waals surface area contributed by atoms with Crippen molar-refractivity contribution < 1.29 is 0 Å². The molecule has 2 rings (SSSR count). The van der Waals surface area contributed by atoms with Crippen molar-refractivity contribution in [2.45, 2.75) is 39.0 Å². The molecule has 1 N–H and O–H groups in total. The summed E-state index contributed by atoms with van der Waals surface area (Å²) in [6.07, 6.45) is 6.54. The van der Waals surface area contributed by atoms with Crippen LogP contribution in [0.4, 0.5) is 0 Å². The van der Waals surface area contributed by atoms with Gasteiger partial charge in [-0.2, -0.15) is 0 Å². The second kappa shape index (κ2) is 6.43. The summed E-state index contributed by atoms with van der Waals surface area (Å²) in [5.41, 5.74) is 2.67. The first kappa shape index (κ1) is 12.2. The van der Waals surface area contributed by atoms with Crippen LogP contribution in [0.5, 0.6) is 0 Å². The Bertz CT molecular complexity index is 365. The summed E-state index contributed by atoms with van der Waals surface area (Å²) >= 11 is 0. The Morgan fingerprint density at radius 2 is 1.94 bits per heavy atom. The molecule has 2 nitrogen and oxygen atoms in total. The molecule has 0 fully saturated rings. The summed E-state index contributed by atoms with van der Waals surface area (Å²) in [6.45, 7) is 4.15. The minimum atomic E-state index is 0.911. The third-order valence-corrected chi connectivity index (χ3v) is 3.22. The molecule has 0 radical (unpaired) electrons. The van der Waals surface area contributed by atoms with E-state index < -0.39 is 0 Å². The summed E-state index contributed by atoms with van der Waals surface area (Å²) in [4.78, 5) is 4.43. The van der Waals surface area contributed by atoms with Gasteiger partial charge in [-0.1, -0.05) is 50.5 Å². The Hall–Kier alpha value is -1.31. The lowest BCUT2D eigenvalue weighted by molar-refractivity contribution is 0.667. The number of nitrogens with zero attached hydrogens (tertiary/aromatic N) is 1. The third-order valence-electron chi connectivity index (χ3n) is 3.22. The van der Waals surface area contributed by atoms with Gasteiger partial charge in [-0.3, -0.25) is 4.99 Å².